The lowest BCUT2D eigenvalue weighted by molar-refractivity contribution is -0.137. The second kappa shape index (κ2) is 7.61. The molecule has 0 saturated heterocycles. The fourth-order valence-corrected chi connectivity index (χ4v) is 1.91. The molecule has 0 radical (unpaired) electrons. The fraction of sp³-hybridized carbons (Fsp3) is 0.533. The van der Waals surface area contributed by atoms with Crippen LogP contribution in [0.3, 0.4) is 0 Å². The number of carbonyl (C=O) groups excluding carboxylic acids is 1. The lowest BCUT2D eigenvalue weighted by atomic mass is 9.84. The molecular weight excluding hydrogens is 272 g/mol. The molecule has 1 aromatic heterocycles. The van der Waals surface area contributed by atoms with Crippen LogP contribution in [0.4, 0.5) is 0 Å². The van der Waals surface area contributed by atoms with Crippen molar-refractivity contribution in [2.24, 2.45) is 5.41 Å². The molecule has 1 amide bonds. The average molecular weight is 294 g/mol. The number of amides is 1. The molecule has 1 heterocycles. The number of methoxy groups -OCH3 is 1. The molecule has 0 bridgehead atoms. The van der Waals surface area contributed by atoms with Crippen LogP contribution in [0.15, 0.2) is 18.3 Å². The van der Waals surface area contributed by atoms with E-state index >= 15 is 0 Å². The number of pyridine rings is 1. The van der Waals surface area contributed by atoms with E-state index < -0.39 is 5.97 Å². The SMILES string of the molecule is COc1ncccc1C(=O)NCCC(C)(C)CCC(=O)O. The van der Waals surface area contributed by atoms with Gasteiger partial charge in [0.2, 0.25) is 5.88 Å². The van der Waals surface area contributed by atoms with Gasteiger partial charge in [-0.3, -0.25) is 9.59 Å². The Balaban J connectivity index is 2.48. The highest BCUT2D eigenvalue weighted by Crippen LogP contribution is 2.26. The summed E-state index contributed by atoms with van der Waals surface area (Å²) < 4.78 is 5.04. The number of nitrogens with zero attached hydrogens (tertiary/aromatic N) is 1. The molecule has 6 nitrogen and oxygen atoms in total. The molecule has 0 aromatic carbocycles. The summed E-state index contributed by atoms with van der Waals surface area (Å²) in [6.07, 6.45) is 2.98. The Kier molecular flexibility index (Phi) is 6.14. The number of carboxylic acids is 1. The predicted molar refractivity (Wildman–Crippen MR) is 78.4 cm³/mol. The van der Waals surface area contributed by atoms with Crippen LogP contribution in [0.1, 0.15) is 43.5 Å². The molecule has 0 spiro atoms. The average Bonchev–Trinajstić information content (AvgIpc) is 2.45. The summed E-state index contributed by atoms with van der Waals surface area (Å²) >= 11 is 0. The molecule has 6 heteroatoms. The van der Waals surface area contributed by atoms with Crippen molar-refractivity contribution in [3.05, 3.63) is 23.9 Å². The summed E-state index contributed by atoms with van der Waals surface area (Å²) in [5.41, 5.74) is 0.258. The Morgan fingerprint density at radius 1 is 1.38 bits per heavy atom. The minimum absolute atomic E-state index is 0.134. The second-order valence-corrected chi connectivity index (χ2v) is 5.62. The van der Waals surface area contributed by atoms with Crippen LogP contribution in [0.25, 0.3) is 0 Å². The molecule has 0 unspecified atom stereocenters. The van der Waals surface area contributed by atoms with Gasteiger partial charge in [-0.1, -0.05) is 13.8 Å². The van der Waals surface area contributed by atoms with Gasteiger partial charge in [0.25, 0.3) is 5.91 Å². The summed E-state index contributed by atoms with van der Waals surface area (Å²) in [5, 5.41) is 11.5. The number of nitrogens with one attached hydrogen (secondary N) is 1. The summed E-state index contributed by atoms with van der Waals surface area (Å²) in [6.45, 7) is 4.46. The highest BCUT2D eigenvalue weighted by molar-refractivity contribution is 5.96. The van der Waals surface area contributed by atoms with Crippen molar-refractivity contribution in [3.63, 3.8) is 0 Å². The topological polar surface area (TPSA) is 88.5 Å². The predicted octanol–water partition coefficient (Wildman–Crippen LogP) is 2.10. The first-order valence-electron chi connectivity index (χ1n) is 6.85. The molecular formula is C15H22N2O4. The standard InChI is InChI=1S/C15H22N2O4/c1-15(2,7-6-12(18)19)8-10-16-13(20)11-5-4-9-17-14(11)21-3/h4-5,9H,6-8,10H2,1-3H3,(H,16,20)(H,18,19). The van der Waals surface area contributed by atoms with Crippen molar-refractivity contribution in [1.82, 2.24) is 10.3 Å². The fourth-order valence-electron chi connectivity index (χ4n) is 1.91. The molecule has 0 atom stereocenters. The zero-order valence-corrected chi connectivity index (χ0v) is 12.7. The van der Waals surface area contributed by atoms with Gasteiger partial charge in [-0.05, 0) is 30.4 Å². The van der Waals surface area contributed by atoms with Crippen LogP contribution >= 0.6 is 0 Å². The Bertz CT molecular complexity index is 500. The number of carbonyl (C=O) groups is 2. The minimum Gasteiger partial charge on any atom is -0.481 e. The van der Waals surface area contributed by atoms with Gasteiger partial charge in [0.15, 0.2) is 0 Å². The van der Waals surface area contributed by atoms with E-state index in [9.17, 15) is 9.59 Å². The maximum absolute atomic E-state index is 12.1. The Labute approximate surface area is 124 Å². The first-order valence-corrected chi connectivity index (χ1v) is 6.85. The van der Waals surface area contributed by atoms with E-state index in [4.69, 9.17) is 9.84 Å². The monoisotopic (exact) mass is 294 g/mol. The van der Waals surface area contributed by atoms with Crippen molar-refractivity contribution >= 4 is 11.9 Å². The summed E-state index contributed by atoms with van der Waals surface area (Å²) in [6, 6.07) is 3.32. The van der Waals surface area contributed by atoms with Crippen molar-refractivity contribution < 1.29 is 19.4 Å². The highest BCUT2D eigenvalue weighted by Gasteiger charge is 2.20. The summed E-state index contributed by atoms with van der Waals surface area (Å²) in [5.74, 6) is -0.749. The van der Waals surface area contributed by atoms with E-state index in [1.807, 2.05) is 13.8 Å². The van der Waals surface area contributed by atoms with Crippen LogP contribution in [0, 0.1) is 5.41 Å². The molecule has 21 heavy (non-hydrogen) atoms. The van der Waals surface area contributed by atoms with Crippen LogP contribution in [-0.4, -0.2) is 35.6 Å². The van der Waals surface area contributed by atoms with E-state index in [1.165, 1.54) is 7.11 Å². The normalized spacial score (nSPS) is 11.0. The van der Waals surface area contributed by atoms with Crippen molar-refractivity contribution in [1.29, 1.82) is 0 Å². The number of hydrogen-bond donors (Lipinski definition) is 2. The van der Waals surface area contributed by atoms with Gasteiger partial charge < -0.3 is 15.2 Å². The largest absolute Gasteiger partial charge is 0.481 e. The Morgan fingerprint density at radius 3 is 2.71 bits per heavy atom. The number of aliphatic carboxylic acids is 1. The molecule has 1 aromatic rings. The maximum Gasteiger partial charge on any atom is 0.303 e. The Morgan fingerprint density at radius 2 is 2.10 bits per heavy atom. The van der Waals surface area contributed by atoms with Gasteiger partial charge in [-0.2, -0.15) is 0 Å². The van der Waals surface area contributed by atoms with E-state index in [0.29, 0.717) is 30.8 Å². The van der Waals surface area contributed by atoms with Gasteiger partial charge in [-0.25, -0.2) is 4.98 Å². The Hall–Kier alpha value is -2.11. The molecule has 0 aliphatic rings. The van der Waals surface area contributed by atoms with Crippen LogP contribution in [-0.2, 0) is 4.79 Å². The first-order chi connectivity index (χ1) is 9.85. The highest BCUT2D eigenvalue weighted by atomic mass is 16.5. The zero-order valence-electron chi connectivity index (χ0n) is 12.7. The summed E-state index contributed by atoms with van der Waals surface area (Å²) in [7, 11) is 1.47. The van der Waals surface area contributed by atoms with E-state index in [2.05, 4.69) is 10.3 Å². The molecule has 0 aliphatic carbocycles. The van der Waals surface area contributed by atoms with Gasteiger partial charge in [0, 0.05) is 19.2 Å². The van der Waals surface area contributed by atoms with Crippen LogP contribution < -0.4 is 10.1 Å². The second-order valence-electron chi connectivity index (χ2n) is 5.62. The van der Waals surface area contributed by atoms with Crippen molar-refractivity contribution in [2.75, 3.05) is 13.7 Å². The lowest BCUT2D eigenvalue weighted by Gasteiger charge is -2.23. The number of carboxylic acid groups (broad SMARTS) is 1. The number of hydrogen-bond acceptors (Lipinski definition) is 4. The van der Waals surface area contributed by atoms with Crippen LogP contribution in [0.5, 0.6) is 5.88 Å². The van der Waals surface area contributed by atoms with Gasteiger partial charge >= 0.3 is 5.97 Å². The van der Waals surface area contributed by atoms with E-state index in [1.54, 1.807) is 18.3 Å². The van der Waals surface area contributed by atoms with Crippen molar-refractivity contribution in [3.8, 4) is 5.88 Å². The number of aromatic nitrogens is 1. The maximum atomic E-state index is 12.1. The molecule has 1 rings (SSSR count). The smallest absolute Gasteiger partial charge is 0.303 e. The molecule has 0 fully saturated rings. The summed E-state index contributed by atoms with van der Waals surface area (Å²) in [4.78, 5) is 26.6. The zero-order chi connectivity index (χ0) is 15.9. The van der Waals surface area contributed by atoms with E-state index in [0.717, 1.165) is 0 Å². The molecule has 2 N–H and O–H groups in total. The molecule has 0 aliphatic heterocycles. The van der Waals surface area contributed by atoms with Gasteiger partial charge in [-0.15, -0.1) is 0 Å². The van der Waals surface area contributed by atoms with Crippen molar-refractivity contribution in [2.45, 2.75) is 33.1 Å². The van der Waals surface area contributed by atoms with Gasteiger partial charge in [0.05, 0.1) is 7.11 Å². The number of rotatable bonds is 8. The molecule has 116 valence electrons. The third-order valence-corrected chi connectivity index (χ3v) is 3.31. The van der Waals surface area contributed by atoms with E-state index in [-0.39, 0.29) is 17.7 Å². The lowest BCUT2D eigenvalue weighted by Crippen LogP contribution is -2.28. The first kappa shape index (κ1) is 16.9. The van der Waals surface area contributed by atoms with Gasteiger partial charge in [0.1, 0.15) is 5.56 Å². The third-order valence-electron chi connectivity index (χ3n) is 3.31. The number of ether oxygens (including phenoxy) is 1. The quantitative estimate of drug-likeness (QED) is 0.766. The minimum atomic E-state index is -0.799. The molecule has 0 saturated carbocycles. The van der Waals surface area contributed by atoms with Crippen LogP contribution in [0.2, 0.25) is 0 Å². The third kappa shape index (κ3) is 5.81.